The second-order valence-corrected chi connectivity index (χ2v) is 5.24. The molecule has 0 bridgehead atoms. The van der Waals surface area contributed by atoms with Crippen LogP contribution in [-0.4, -0.2) is 29.1 Å². The molecular formula is C14H17NO4. The number of hydrogen-bond acceptors (Lipinski definition) is 3. The summed E-state index contributed by atoms with van der Waals surface area (Å²) in [5.74, 6) is -0.905. The minimum Gasteiger partial charge on any atom is -0.492 e. The molecule has 19 heavy (non-hydrogen) atoms. The van der Waals surface area contributed by atoms with Crippen molar-refractivity contribution in [3.63, 3.8) is 0 Å². The molecule has 1 atom stereocenters. The minimum absolute atomic E-state index is 0.276. The largest absolute Gasteiger partial charge is 0.492 e. The molecule has 1 aliphatic heterocycles. The van der Waals surface area contributed by atoms with Gasteiger partial charge in [-0.2, -0.15) is 0 Å². The van der Waals surface area contributed by atoms with Crippen LogP contribution in [0, 0.1) is 5.92 Å². The van der Waals surface area contributed by atoms with Crippen molar-refractivity contribution in [1.82, 2.24) is 5.32 Å². The van der Waals surface area contributed by atoms with Crippen molar-refractivity contribution in [3.8, 4) is 5.75 Å². The van der Waals surface area contributed by atoms with Gasteiger partial charge in [0.2, 0.25) is 5.91 Å². The first-order valence-corrected chi connectivity index (χ1v) is 6.16. The maximum atomic E-state index is 12.1. The number of carboxylic acid groups (broad SMARTS) is 1. The molecule has 1 aliphatic rings. The van der Waals surface area contributed by atoms with Crippen molar-refractivity contribution < 1.29 is 19.4 Å². The fraction of sp³-hybridized carbons (Fsp3) is 0.429. The average molecular weight is 263 g/mol. The van der Waals surface area contributed by atoms with Gasteiger partial charge < -0.3 is 15.2 Å². The van der Waals surface area contributed by atoms with Gasteiger partial charge in [0.25, 0.3) is 0 Å². The van der Waals surface area contributed by atoms with Crippen LogP contribution in [0.25, 0.3) is 0 Å². The fourth-order valence-corrected chi connectivity index (χ4v) is 1.96. The Bertz CT molecular complexity index is 510. The van der Waals surface area contributed by atoms with E-state index in [1.807, 2.05) is 24.3 Å². The van der Waals surface area contributed by atoms with E-state index >= 15 is 0 Å². The molecule has 0 aliphatic carbocycles. The Morgan fingerprint density at radius 1 is 1.37 bits per heavy atom. The number of carbonyl (C=O) groups is 2. The van der Waals surface area contributed by atoms with Gasteiger partial charge in [0.15, 0.2) is 0 Å². The molecule has 1 aromatic carbocycles. The molecule has 2 N–H and O–H groups in total. The molecule has 102 valence electrons. The van der Waals surface area contributed by atoms with Gasteiger partial charge in [-0.1, -0.05) is 18.2 Å². The van der Waals surface area contributed by atoms with Crippen LogP contribution in [0.15, 0.2) is 24.3 Å². The Hall–Kier alpha value is -2.04. The number of hydrogen-bond donors (Lipinski definition) is 2. The van der Waals surface area contributed by atoms with Crippen molar-refractivity contribution in [2.24, 2.45) is 5.92 Å². The molecule has 2 rings (SSSR count). The monoisotopic (exact) mass is 263 g/mol. The number of rotatable bonds is 3. The van der Waals surface area contributed by atoms with E-state index in [1.165, 1.54) is 13.8 Å². The molecule has 1 heterocycles. The summed E-state index contributed by atoms with van der Waals surface area (Å²) in [5.41, 5.74) is -0.296. The number of nitrogens with one attached hydrogen (secondary N) is 1. The number of fused-ring (bicyclic) bond motifs is 1. The zero-order valence-corrected chi connectivity index (χ0v) is 11.0. The number of carboxylic acids is 1. The Balaban J connectivity index is 2.05. The average Bonchev–Trinajstić information content (AvgIpc) is 2.37. The summed E-state index contributed by atoms with van der Waals surface area (Å²) in [6.07, 6.45) is 0.567. The lowest BCUT2D eigenvalue weighted by Crippen LogP contribution is -2.52. The van der Waals surface area contributed by atoms with Crippen molar-refractivity contribution in [3.05, 3.63) is 29.8 Å². The Labute approximate surface area is 111 Å². The van der Waals surface area contributed by atoms with E-state index in [0.29, 0.717) is 6.42 Å². The minimum atomic E-state index is -1.27. The van der Waals surface area contributed by atoms with Crippen LogP contribution in [0.5, 0.6) is 5.75 Å². The highest BCUT2D eigenvalue weighted by atomic mass is 16.5. The molecule has 5 heteroatoms. The van der Waals surface area contributed by atoms with E-state index in [9.17, 15) is 9.59 Å². The number of amides is 1. The Kier molecular flexibility index (Phi) is 3.46. The van der Waals surface area contributed by atoms with Gasteiger partial charge in [0.05, 0.1) is 5.92 Å². The normalized spacial score (nSPS) is 18.1. The van der Waals surface area contributed by atoms with Gasteiger partial charge in [-0.15, -0.1) is 0 Å². The van der Waals surface area contributed by atoms with Crippen LogP contribution in [-0.2, 0) is 16.0 Å². The molecule has 0 spiro atoms. The lowest BCUT2D eigenvalue weighted by atomic mass is 9.94. The predicted octanol–water partition coefficient (Wildman–Crippen LogP) is 1.22. The van der Waals surface area contributed by atoms with Crippen LogP contribution in [0.2, 0.25) is 0 Å². The van der Waals surface area contributed by atoms with Gasteiger partial charge in [-0.3, -0.25) is 4.79 Å². The number of aliphatic carboxylic acids is 1. The maximum absolute atomic E-state index is 12.1. The third-order valence-electron chi connectivity index (χ3n) is 3.22. The van der Waals surface area contributed by atoms with E-state index < -0.39 is 11.5 Å². The highest BCUT2D eigenvalue weighted by Gasteiger charge is 2.33. The highest BCUT2D eigenvalue weighted by Crippen LogP contribution is 2.27. The third-order valence-corrected chi connectivity index (χ3v) is 3.22. The van der Waals surface area contributed by atoms with Gasteiger partial charge in [-0.05, 0) is 31.9 Å². The van der Waals surface area contributed by atoms with Crippen molar-refractivity contribution in [2.75, 3.05) is 6.61 Å². The highest BCUT2D eigenvalue weighted by molar-refractivity contribution is 5.87. The summed E-state index contributed by atoms with van der Waals surface area (Å²) in [4.78, 5) is 23.1. The van der Waals surface area contributed by atoms with Crippen molar-refractivity contribution in [2.45, 2.75) is 25.8 Å². The third kappa shape index (κ3) is 2.86. The SMILES string of the molecule is CC(C)(NC(=O)C1COc2ccccc2C1)C(=O)O. The van der Waals surface area contributed by atoms with Crippen LogP contribution in [0.3, 0.4) is 0 Å². The summed E-state index contributed by atoms with van der Waals surface area (Å²) in [5, 5.41) is 11.5. The first kappa shape index (κ1) is 13.4. The Morgan fingerprint density at radius 2 is 2.05 bits per heavy atom. The van der Waals surface area contributed by atoms with Crippen LogP contribution in [0.1, 0.15) is 19.4 Å². The van der Waals surface area contributed by atoms with Gasteiger partial charge in [0, 0.05) is 0 Å². The summed E-state index contributed by atoms with van der Waals surface area (Å²) >= 11 is 0. The van der Waals surface area contributed by atoms with Crippen molar-refractivity contribution >= 4 is 11.9 Å². The number of para-hydroxylation sites is 1. The second-order valence-electron chi connectivity index (χ2n) is 5.24. The summed E-state index contributed by atoms with van der Waals surface area (Å²) in [7, 11) is 0. The molecule has 0 saturated carbocycles. The molecule has 1 unspecified atom stereocenters. The summed E-state index contributed by atoms with van der Waals surface area (Å²) in [6.45, 7) is 3.20. The molecule has 1 aromatic rings. The van der Waals surface area contributed by atoms with Crippen LogP contribution in [0.4, 0.5) is 0 Å². The van der Waals surface area contributed by atoms with E-state index in [1.54, 1.807) is 0 Å². The molecular weight excluding hydrogens is 246 g/mol. The lowest BCUT2D eigenvalue weighted by molar-refractivity contribution is -0.147. The lowest BCUT2D eigenvalue weighted by Gasteiger charge is -2.28. The predicted molar refractivity (Wildman–Crippen MR) is 69.0 cm³/mol. The van der Waals surface area contributed by atoms with E-state index in [0.717, 1.165) is 11.3 Å². The molecule has 0 saturated heterocycles. The van der Waals surface area contributed by atoms with Gasteiger partial charge in [-0.25, -0.2) is 4.79 Å². The molecule has 0 fully saturated rings. The number of ether oxygens (including phenoxy) is 1. The zero-order valence-electron chi connectivity index (χ0n) is 11.0. The zero-order chi connectivity index (χ0) is 14.0. The van der Waals surface area contributed by atoms with Gasteiger partial charge >= 0.3 is 5.97 Å². The maximum Gasteiger partial charge on any atom is 0.328 e. The molecule has 0 radical (unpaired) electrons. The van der Waals surface area contributed by atoms with Gasteiger partial charge in [0.1, 0.15) is 17.9 Å². The molecule has 1 amide bonds. The van der Waals surface area contributed by atoms with Crippen molar-refractivity contribution in [1.29, 1.82) is 0 Å². The fourth-order valence-electron chi connectivity index (χ4n) is 1.96. The second kappa shape index (κ2) is 4.91. The first-order chi connectivity index (χ1) is 8.90. The van der Waals surface area contributed by atoms with E-state index in [4.69, 9.17) is 9.84 Å². The van der Waals surface area contributed by atoms with E-state index in [2.05, 4.69) is 5.32 Å². The first-order valence-electron chi connectivity index (χ1n) is 6.16. The standard InChI is InChI=1S/C14H17NO4/c1-14(2,13(17)18)15-12(16)10-7-9-5-3-4-6-11(9)19-8-10/h3-6,10H,7-8H2,1-2H3,(H,15,16)(H,17,18). The summed E-state index contributed by atoms with van der Waals surface area (Å²) in [6, 6.07) is 7.55. The quantitative estimate of drug-likeness (QED) is 0.859. The molecule has 0 aromatic heterocycles. The van der Waals surface area contributed by atoms with E-state index in [-0.39, 0.29) is 18.4 Å². The van der Waals surface area contributed by atoms with Crippen LogP contribution < -0.4 is 10.1 Å². The topological polar surface area (TPSA) is 75.6 Å². The molecule has 5 nitrogen and oxygen atoms in total. The smallest absolute Gasteiger partial charge is 0.328 e. The summed E-state index contributed by atoms with van der Waals surface area (Å²) < 4.78 is 5.52. The number of benzene rings is 1. The number of carbonyl (C=O) groups excluding carboxylic acids is 1. The Morgan fingerprint density at radius 3 is 2.74 bits per heavy atom. The van der Waals surface area contributed by atoms with Crippen LogP contribution >= 0.6 is 0 Å².